The van der Waals surface area contributed by atoms with Crippen LogP contribution in [0.15, 0.2) is 78.9 Å². The van der Waals surface area contributed by atoms with E-state index in [4.69, 9.17) is 21.1 Å². The predicted molar refractivity (Wildman–Crippen MR) is 166 cm³/mol. The summed E-state index contributed by atoms with van der Waals surface area (Å²) >= 11 is 6.16. The maximum Gasteiger partial charge on any atom is 0.313 e. The Bertz CT molecular complexity index is 1500. The van der Waals surface area contributed by atoms with Gasteiger partial charge in [-0.1, -0.05) is 66.2 Å². The maximum atomic E-state index is 14.7. The highest BCUT2D eigenvalue weighted by Gasteiger charge is 2.73. The Balaban J connectivity index is 1.41. The van der Waals surface area contributed by atoms with Crippen LogP contribution in [0, 0.1) is 11.8 Å². The minimum atomic E-state index is -1.37. The average Bonchev–Trinajstić information content (AvgIpc) is 3.69. The van der Waals surface area contributed by atoms with Gasteiger partial charge in [-0.2, -0.15) is 0 Å². The highest BCUT2D eigenvalue weighted by Crippen LogP contribution is 2.56. The Kier molecular flexibility index (Phi) is 9.07. The fraction of sp³-hybridized carbons (Fsp3) is 0.412. The number of anilines is 1. The number of likely N-dealkylation sites (tertiary alicyclic amines) is 1. The number of halogens is 1. The lowest BCUT2D eigenvalue weighted by Gasteiger charge is -2.36. The number of nitrogens with zero attached hydrogens (tertiary/aromatic N) is 2. The zero-order valence-corrected chi connectivity index (χ0v) is 25.5. The Hall–Kier alpha value is -3.99. The highest BCUT2D eigenvalue weighted by atomic mass is 35.5. The van der Waals surface area contributed by atoms with Crippen LogP contribution in [-0.2, 0) is 28.7 Å². The van der Waals surface area contributed by atoms with Crippen molar-refractivity contribution in [2.75, 3.05) is 31.1 Å². The Morgan fingerprint density at radius 1 is 0.978 bits per heavy atom. The van der Waals surface area contributed by atoms with Gasteiger partial charge in [0, 0.05) is 36.8 Å². The lowest BCUT2D eigenvalue weighted by atomic mass is 9.74. The minimum absolute atomic E-state index is 0.0538. The Labute approximate surface area is 266 Å². The van der Waals surface area contributed by atoms with Crippen LogP contribution in [0.2, 0.25) is 5.02 Å². The van der Waals surface area contributed by atoms with E-state index in [0.29, 0.717) is 35.5 Å². The highest BCUT2D eigenvalue weighted by molar-refractivity contribution is 6.30. The molecule has 4 aliphatic rings. The molecule has 2 aromatic carbocycles. The maximum absolute atomic E-state index is 14.7. The summed E-state index contributed by atoms with van der Waals surface area (Å²) in [4.78, 5) is 58.8. The van der Waals surface area contributed by atoms with Gasteiger partial charge in [-0.15, -0.1) is 0 Å². The quantitative estimate of drug-likeness (QED) is 0.284. The van der Waals surface area contributed by atoms with Gasteiger partial charge >= 0.3 is 5.97 Å². The monoisotopic (exact) mass is 633 g/mol. The number of ether oxygens (including phenoxy) is 2. The number of hydrogen-bond acceptors (Lipinski definition) is 7. The summed E-state index contributed by atoms with van der Waals surface area (Å²) in [7, 11) is 0. The molecule has 1 spiro atoms. The summed E-state index contributed by atoms with van der Waals surface area (Å²) in [5.41, 5.74) is -0.0978. The van der Waals surface area contributed by atoms with Crippen molar-refractivity contribution in [1.29, 1.82) is 0 Å². The van der Waals surface area contributed by atoms with Gasteiger partial charge in [0.2, 0.25) is 11.8 Å². The molecule has 236 valence electrons. The van der Waals surface area contributed by atoms with Crippen molar-refractivity contribution in [3.8, 4) is 0 Å². The van der Waals surface area contributed by atoms with Crippen molar-refractivity contribution in [2.45, 2.75) is 49.5 Å². The van der Waals surface area contributed by atoms with Crippen LogP contribution in [0.1, 0.15) is 37.4 Å². The zero-order valence-electron chi connectivity index (χ0n) is 24.7. The Morgan fingerprint density at radius 2 is 1.76 bits per heavy atom. The second-order valence-electron chi connectivity index (χ2n) is 11.7. The molecule has 3 amide bonds. The van der Waals surface area contributed by atoms with Gasteiger partial charge in [-0.25, -0.2) is 0 Å². The summed E-state index contributed by atoms with van der Waals surface area (Å²) in [6, 6.07) is 14.9. The summed E-state index contributed by atoms with van der Waals surface area (Å²) in [5.74, 6) is -3.53. The number of esters is 1. The first-order valence-corrected chi connectivity index (χ1v) is 15.7. The van der Waals surface area contributed by atoms with Gasteiger partial charge in [0.15, 0.2) is 0 Å². The molecule has 4 heterocycles. The van der Waals surface area contributed by atoms with E-state index >= 15 is 0 Å². The number of aliphatic hydroxyl groups excluding tert-OH is 1. The van der Waals surface area contributed by atoms with Crippen molar-refractivity contribution in [3.05, 3.63) is 89.5 Å². The number of unbranched alkanes of at least 4 members (excludes halogenated alkanes) is 1. The molecular weight excluding hydrogens is 598 g/mol. The molecule has 11 heteroatoms. The number of carbonyl (C=O) groups is 4. The van der Waals surface area contributed by atoms with E-state index in [2.05, 4.69) is 5.32 Å². The lowest BCUT2D eigenvalue weighted by Crippen LogP contribution is -2.56. The standard InChI is InChI=1S/C34H36ClN3O7/c35-23-12-14-24(15-13-23)37-18-6-2-5-11-27(40)36-21-26(22-9-3-1-4-10-22)44-33(43)28-25-16-17-34(45-25)29(28)31(41)38(19-7-8-20-39)30(34)32(37)42/h1-4,6,9-10,12-17,25-26,28-30,39H,5,7-8,11,18-21H2,(H,36,40)/b6-2-/t25-,26-,28+,29+,30-,34+/m1/s1. The second-order valence-corrected chi connectivity index (χ2v) is 12.2. The normalized spacial score (nSPS) is 30.8. The first-order valence-electron chi connectivity index (χ1n) is 15.4. The number of cyclic esters (lactones) is 1. The van der Waals surface area contributed by atoms with E-state index in [1.807, 2.05) is 42.5 Å². The summed E-state index contributed by atoms with van der Waals surface area (Å²) in [6.45, 7) is 0.393. The van der Waals surface area contributed by atoms with Crippen LogP contribution in [0.4, 0.5) is 5.69 Å². The molecule has 4 aliphatic heterocycles. The average molecular weight is 634 g/mol. The molecule has 6 rings (SSSR count). The molecular formula is C34H36ClN3O7. The third-order valence-electron chi connectivity index (χ3n) is 9.00. The molecule has 0 aliphatic carbocycles. The molecule has 5 bridgehead atoms. The first-order chi connectivity index (χ1) is 21.8. The SMILES string of the molecule is O=C1CC/C=C\CN(c2ccc(Cl)cc2)C(=O)[C@H]2N(CCCCO)C(=O)[C@@H]3[C@@H](C(=O)O[C@@H](c4ccccc4)CN1)[C@H]1C=C[C@]32O1. The summed E-state index contributed by atoms with van der Waals surface area (Å²) < 4.78 is 12.5. The number of nitrogens with one attached hydrogen (secondary N) is 1. The van der Waals surface area contributed by atoms with E-state index in [-0.39, 0.29) is 50.4 Å². The zero-order chi connectivity index (χ0) is 31.6. The number of benzene rings is 2. The molecule has 0 radical (unpaired) electrons. The first kappa shape index (κ1) is 31.0. The number of fused-ring (bicyclic) bond motifs is 2. The van der Waals surface area contributed by atoms with Crippen LogP contribution in [0.5, 0.6) is 0 Å². The fourth-order valence-electron chi connectivity index (χ4n) is 6.86. The minimum Gasteiger partial charge on any atom is -0.455 e. The number of hydrogen-bond donors (Lipinski definition) is 2. The van der Waals surface area contributed by atoms with Gasteiger partial charge in [0.25, 0.3) is 5.91 Å². The van der Waals surface area contributed by atoms with Gasteiger partial charge in [0.1, 0.15) is 23.7 Å². The molecule has 2 saturated heterocycles. The van der Waals surface area contributed by atoms with Crippen LogP contribution >= 0.6 is 11.6 Å². The van der Waals surface area contributed by atoms with Crippen LogP contribution in [-0.4, -0.2) is 77.7 Å². The fourth-order valence-corrected chi connectivity index (χ4v) is 6.99. The van der Waals surface area contributed by atoms with Crippen molar-refractivity contribution in [1.82, 2.24) is 10.2 Å². The molecule has 2 fully saturated rings. The topological polar surface area (TPSA) is 125 Å². The molecule has 0 unspecified atom stereocenters. The molecule has 0 aromatic heterocycles. The van der Waals surface area contributed by atoms with Crippen LogP contribution in [0.25, 0.3) is 0 Å². The molecule has 6 atom stereocenters. The van der Waals surface area contributed by atoms with Gasteiger partial charge in [-0.3, -0.25) is 19.2 Å². The van der Waals surface area contributed by atoms with E-state index in [0.717, 1.165) is 0 Å². The third kappa shape index (κ3) is 5.90. The van der Waals surface area contributed by atoms with Gasteiger partial charge in [0.05, 0.1) is 18.6 Å². The van der Waals surface area contributed by atoms with Crippen molar-refractivity contribution >= 4 is 41.0 Å². The molecule has 10 nitrogen and oxygen atoms in total. The third-order valence-corrected chi connectivity index (χ3v) is 9.25. The summed E-state index contributed by atoms with van der Waals surface area (Å²) in [5, 5.41) is 12.9. The second kappa shape index (κ2) is 13.2. The molecule has 2 N–H and O–H groups in total. The van der Waals surface area contributed by atoms with Crippen LogP contribution < -0.4 is 10.2 Å². The molecule has 0 saturated carbocycles. The smallest absolute Gasteiger partial charge is 0.313 e. The van der Waals surface area contributed by atoms with Crippen molar-refractivity contribution in [3.63, 3.8) is 0 Å². The number of amides is 3. The summed E-state index contributed by atoms with van der Waals surface area (Å²) in [6.07, 6.45) is 7.18. The number of allylic oxidation sites excluding steroid dienone is 1. The number of rotatable bonds is 6. The Morgan fingerprint density at radius 3 is 2.51 bits per heavy atom. The molecule has 2 aromatic rings. The van der Waals surface area contributed by atoms with Crippen molar-refractivity contribution in [2.24, 2.45) is 11.8 Å². The van der Waals surface area contributed by atoms with E-state index < -0.39 is 41.7 Å². The van der Waals surface area contributed by atoms with E-state index in [9.17, 15) is 24.3 Å². The molecule has 45 heavy (non-hydrogen) atoms. The number of aliphatic hydroxyl groups is 1. The van der Waals surface area contributed by atoms with Crippen LogP contribution in [0.3, 0.4) is 0 Å². The van der Waals surface area contributed by atoms with Gasteiger partial charge < -0.3 is 29.7 Å². The lowest BCUT2D eigenvalue weighted by molar-refractivity contribution is -0.159. The van der Waals surface area contributed by atoms with Gasteiger partial charge in [-0.05, 0) is 49.1 Å². The predicted octanol–water partition coefficient (Wildman–Crippen LogP) is 3.35. The van der Waals surface area contributed by atoms with E-state index in [1.165, 1.54) is 4.90 Å². The van der Waals surface area contributed by atoms with Crippen molar-refractivity contribution < 1.29 is 33.8 Å². The largest absolute Gasteiger partial charge is 0.455 e. The number of carbonyl (C=O) groups excluding carboxylic acids is 4. The van der Waals surface area contributed by atoms with E-state index in [1.54, 1.807) is 41.3 Å².